The van der Waals surface area contributed by atoms with Crippen LogP contribution in [0.2, 0.25) is 0 Å². The van der Waals surface area contributed by atoms with E-state index in [1.54, 1.807) is 29.2 Å². The first-order valence-electron chi connectivity index (χ1n) is 8.20. The summed E-state index contributed by atoms with van der Waals surface area (Å²) in [5, 5.41) is 2.66. The standard InChI is InChI=1S/C20H20N2O3/c1-2-19(23)21-16-10-8-15(9-11-16)20(24)22-13-12-18(14-22)25-17-6-4-3-5-7-17/h2-11,18H,1,12-14H2,(H,21,23)/t18-/m1/s1. The quantitative estimate of drug-likeness (QED) is 0.854. The number of para-hydroxylation sites is 1. The van der Waals surface area contributed by atoms with E-state index in [2.05, 4.69) is 11.9 Å². The number of hydrogen-bond donors (Lipinski definition) is 1. The van der Waals surface area contributed by atoms with Gasteiger partial charge < -0.3 is 15.0 Å². The summed E-state index contributed by atoms with van der Waals surface area (Å²) in [6, 6.07) is 16.5. The van der Waals surface area contributed by atoms with Crippen LogP contribution in [0.3, 0.4) is 0 Å². The van der Waals surface area contributed by atoms with Gasteiger partial charge in [-0.2, -0.15) is 0 Å². The number of nitrogens with one attached hydrogen (secondary N) is 1. The van der Waals surface area contributed by atoms with Crippen molar-refractivity contribution in [3.63, 3.8) is 0 Å². The average molecular weight is 336 g/mol. The number of anilines is 1. The Balaban J connectivity index is 1.58. The van der Waals surface area contributed by atoms with E-state index in [0.29, 0.717) is 24.3 Å². The van der Waals surface area contributed by atoms with Gasteiger partial charge in [-0.25, -0.2) is 0 Å². The fraction of sp³-hybridized carbons (Fsp3) is 0.200. The molecule has 1 aliphatic rings. The summed E-state index contributed by atoms with van der Waals surface area (Å²) < 4.78 is 5.92. The van der Waals surface area contributed by atoms with Crippen LogP contribution in [-0.4, -0.2) is 35.9 Å². The van der Waals surface area contributed by atoms with E-state index in [4.69, 9.17) is 4.74 Å². The molecule has 25 heavy (non-hydrogen) atoms. The maximum atomic E-state index is 12.6. The van der Waals surface area contributed by atoms with Crippen molar-refractivity contribution in [1.82, 2.24) is 4.90 Å². The molecule has 1 N–H and O–H groups in total. The molecule has 0 unspecified atom stereocenters. The summed E-state index contributed by atoms with van der Waals surface area (Å²) in [6.45, 7) is 4.65. The SMILES string of the molecule is C=CC(=O)Nc1ccc(C(=O)N2CC[C@@H](Oc3ccccc3)C2)cc1. The Labute approximate surface area is 146 Å². The van der Waals surface area contributed by atoms with Gasteiger partial charge in [-0.3, -0.25) is 9.59 Å². The van der Waals surface area contributed by atoms with E-state index in [-0.39, 0.29) is 17.9 Å². The van der Waals surface area contributed by atoms with Crippen LogP contribution in [-0.2, 0) is 4.79 Å². The lowest BCUT2D eigenvalue weighted by Gasteiger charge is -2.17. The third-order valence-electron chi connectivity index (χ3n) is 4.06. The number of carbonyl (C=O) groups excluding carboxylic acids is 2. The van der Waals surface area contributed by atoms with Gasteiger partial charge >= 0.3 is 0 Å². The maximum Gasteiger partial charge on any atom is 0.253 e. The van der Waals surface area contributed by atoms with Gasteiger partial charge in [0, 0.05) is 24.2 Å². The average Bonchev–Trinajstić information content (AvgIpc) is 3.11. The second-order valence-electron chi connectivity index (χ2n) is 5.86. The third-order valence-corrected chi connectivity index (χ3v) is 4.06. The molecule has 0 bridgehead atoms. The van der Waals surface area contributed by atoms with Crippen molar-refractivity contribution in [3.05, 3.63) is 72.8 Å². The second kappa shape index (κ2) is 7.66. The molecule has 1 fully saturated rings. The Hall–Kier alpha value is -3.08. The molecule has 0 saturated carbocycles. The molecule has 2 aromatic rings. The summed E-state index contributed by atoms with van der Waals surface area (Å²) >= 11 is 0. The predicted molar refractivity (Wildman–Crippen MR) is 96.6 cm³/mol. The van der Waals surface area contributed by atoms with Crippen LogP contribution in [0.25, 0.3) is 0 Å². The molecule has 0 spiro atoms. The number of likely N-dealkylation sites (tertiary alicyclic amines) is 1. The summed E-state index contributed by atoms with van der Waals surface area (Å²) in [4.78, 5) is 25.7. The normalized spacial score (nSPS) is 16.3. The number of nitrogens with zero attached hydrogens (tertiary/aromatic N) is 1. The number of amides is 2. The Kier molecular flexibility index (Phi) is 5.14. The van der Waals surface area contributed by atoms with Gasteiger partial charge in [0.2, 0.25) is 5.91 Å². The van der Waals surface area contributed by atoms with Crippen LogP contribution in [0.1, 0.15) is 16.8 Å². The van der Waals surface area contributed by atoms with Crippen LogP contribution in [0.4, 0.5) is 5.69 Å². The smallest absolute Gasteiger partial charge is 0.253 e. The van der Waals surface area contributed by atoms with Gasteiger partial charge in [0.05, 0.1) is 6.54 Å². The van der Waals surface area contributed by atoms with E-state index in [0.717, 1.165) is 12.2 Å². The van der Waals surface area contributed by atoms with Crippen LogP contribution in [0, 0.1) is 0 Å². The molecule has 1 saturated heterocycles. The van der Waals surface area contributed by atoms with Crippen LogP contribution >= 0.6 is 0 Å². The zero-order valence-electron chi connectivity index (χ0n) is 13.9. The molecule has 0 aromatic heterocycles. The highest BCUT2D eigenvalue weighted by molar-refractivity contribution is 5.99. The first-order chi connectivity index (χ1) is 12.2. The summed E-state index contributed by atoms with van der Waals surface area (Å²) in [7, 11) is 0. The van der Waals surface area contributed by atoms with Crippen LogP contribution < -0.4 is 10.1 Å². The molecule has 1 aliphatic heterocycles. The molecule has 3 rings (SSSR count). The molecule has 128 valence electrons. The lowest BCUT2D eigenvalue weighted by molar-refractivity contribution is -0.111. The molecule has 1 atom stereocenters. The molecule has 2 amide bonds. The molecule has 1 heterocycles. The molecular formula is C20H20N2O3. The van der Waals surface area contributed by atoms with Gasteiger partial charge in [0.1, 0.15) is 11.9 Å². The van der Waals surface area contributed by atoms with Crippen molar-refractivity contribution in [2.24, 2.45) is 0 Å². The highest BCUT2D eigenvalue weighted by Gasteiger charge is 2.28. The van der Waals surface area contributed by atoms with Crippen LogP contribution in [0.15, 0.2) is 67.3 Å². The lowest BCUT2D eigenvalue weighted by atomic mass is 10.2. The first-order valence-corrected chi connectivity index (χ1v) is 8.20. The zero-order valence-corrected chi connectivity index (χ0v) is 13.9. The topological polar surface area (TPSA) is 58.6 Å². The van der Waals surface area contributed by atoms with E-state index in [1.807, 2.05) is 30.3 Å². The van der Waals surface area contributed by atoms with Gasteiger partial charge in [-0.05, 0) is 42.5 Å². The monoisotopic (exact) mass is 336 g/mol. The van der Waals surface area contributed by atoms with Gasteiger partial charge in [0.25, 0.3) is 5.91 Å². The Morgan fingerprint density at radius 3 is 2.52 bits per heavy atom. The van der Waals surface area contributed by atoms with Gasteiger partial charge in [-0.15, -0.1) is 0 Å². The van der Waals surface area contributed by atoms with E-state index in [1.165, 1.54) is 6.08 Å². The summed E-state index contributed by atoms with van der Waals surface area (Å²) in [5.41, 5.74) is 1.23. The molecule has 2 aromatic carbocycles. The zero-order chi connectivity index (χ0) is 17.6. The fourth-order valence-corrected chi connectivity index (χ4v) is 2.77. The van der Waals surface area contributed by atoms with Crippen molar-refractivity contribution in [2.45, 2.75) is 12.5 Å². The first kappa shape index (κ1) is 16.8. The Bertz CT molecular complexity index is 756. The van der Waals surface area contributed by atoms with Crippen molar-refractivity contribution >= 4 is 17.5 Å². The third kappa shape index (κ3) is 4.26. The van der Waals surface area contributed by atoms with E-state index < -0.39 is 0 Å². The highest BCUT2D eigenvalue weighted by atomic mass is 16.5. The minimum Gasteiger partial charge on any atom is -0.489 e. The Morgan fingerprint density at radius 2 is 1.84 bits per heavy atom. The van der Waals surface area contributed by atoms with Crippen molar-refractivity contribution in [2.75, 3.05) is 18.4 Å². The van der Waals surface area contributed by atoms with Crippen molar-refractivity contribution in [1.29, 1.82) is 0 Å². The minimum absolute atomic E-state index is 0.0116. The van der Waals surface area contributed by atoms with E-state index in [9.17, 15) is 9.59 Å². The summed E-state index contributed by atoms with van der Waals surface area (Å²) in [5.74, 6) is 0.518. The largest absolute Gasteiger partial charge is 0.489 e. The van der Waals surface area contributed by atoms with E-state index >= 15 is 0 Å². The summed E-state index contributed by atoms with van der Waals surface area (Å²) in [6.07, 6.45) is 2.03. The minimum atomic E-state index is -0.278. The van der Waals surface area contributed by atoms with Crippen molar-refractivity contribution < 1.29 is 14.3 Å². The molecule has 0 radical (unpaired) electrons. The number of benzene rings is 2. The molecular weight excluding hydrogens is 316 g/mol. The second-order valence-corrected chi connectivity index (χ2v) is 5.86. The van der Waals surface area contributed by atoms with Gasteiger partial charge in [-0.1, -0.05) is 24.8 Å². The number of ether oxygens (including phenoxy) is 1. The van der Waals surface area contributed by atoms with Crippen LogP contribution in [0.5, 0.6) is 5.75 Å². The van der Waals surface area contributed by atoms with Crippen molar-refractivity contribution in [3.8, 4) is 5.75 Å². The molecule has 0 aliphatic carbocycles. The molecule has 5 heteroatoms. The van der Waals surface area contributed by atoms with Gasteiger partial charge in [0.15, 0.2) is 0 Å². The number of rotatable bonds is 5. The maximum absolute atomic E-state index is 12.6. The fourth-order valence-electron chi connectivity index (χ4n) is 2.77. The Morgan fingerprint density at radius 1 is 1.12 bits per heavy atom. The lowest BCUT2D eigenvalue weighted by Crippen LogP contribution is -2.30. The predicted octanol–water partition coefficient (Wildman–Crippen LogP) is 3.10. The molecule has 5 nitrogen and oxygen atoms in total. The number of carbonyl (C=O) groups is 2. The number of hydrogen-bond acceptors (Lipinski definition) is 3. The highest BCUT2D eigenvalue weighted by Crippen LogP contribution is 2.20.